The first-order valence-electron chi connectivity index (χ1n) is 7.41. The summed E-state index contributed by atoms with van der Waals surface area (Å²) < 4.78 is 27.0. The van der Waals surface area contributed by atoms with Crippen molar-refractivity contribution in [3.05, 3.63) is 17.0 Å². The van der Waals surface area contributed by atoms with E-state index < -0.39 is 10.0 Å². The number of nitrogens with one attached hydrogen (secondary N) is 1. The Hall–Kier alpha value is -1.41. The number of rotatable bonds is 4. The Labute approximate surface area is 131 Å². The summed E-state index contributed by atoms with van der Waals surface area (Å²) in [5.41, 5.74) is 2.83. The second kappa shape index (κ2) is 6.37. The lowest BCUT2D eigenvalue weighted by molar-refractivity contribution is -0.131. The summed E-state index contributed by atoms with van der Waals surface area (Å²) >= 11 is 0. The highest BCUT2D eigenvalue weighted by Crippen LogP contribution is 2.16. The molecular formula is C14H24N4O3S. The van der Waals surface area contributed by atoms with E-state index in [9.17, 15) is 13.2 Å². The van der Waals surface area contributed by atoms with Crippen LogP contribution in [0.3, 0.4) is 0 Å². The Morgan fingerprint density at radius 1 is 1.41 bits per heavy atom. The van der Waals surface area contributed by atoms with Gasteiger partial charge >= 0.3 is 0 Å². The van der Waals surface area contributed by atoms with Crippen LogP contribution in [-0.4, -0.2) is 54.4 Å². The molecule has 7 nitrogen and oxygen atoms in total. The minimum Gasteiger partial charge on any atom is -0.341 e. The zero-order chi connectivity index (χ0) is 16.5. The van der Waals surface area contributed by atoms with E-state index in [2.05, 4.69) is 9.82 Å². The molecule has 0 aromatic carbocycles. The Kier molecular flexibility index (Phi) is 4.91. The number of nitrogens with zero attached hydrogens (tertiary/aromatic N) is 3. The third-order valence-corrected chi connectivity index (χ3v) is 4.90. The third kappa shape index (κ3) is 4.07. The molecule has 1 aromatic rings. The smallest absolute Gasteiger partial charge is 0.227 e. The summed E-state index contributed by atoms with van der Waals surface area (Å²) in [4.78, 5) is 14.3. The highest BCUT2D eigenvalue weighted by atomic mass is 32.2. The predicted octanol–water partition coefficient (Wildman–Crippen LogP) is 0.120. The molecule has 1 saturated heterocycles. The van der Waals surface area contributed by atoms with Gasteiger partial charge in [0.25, 0.3) is 0 Å². The largest absolute Gasteiger partial charge is 0.341 e. The van der Waals surface area contributed by atoms with Gasteiger partial charge < -0.3 is 4.90 Å². The van der Waals surface area contributed by atoms with Crippen molar-refractivity contribution in [2.24, 2.45) is 7.05 Å². The summed E-state index contributed by atoms with van der Waals surface area (Å²) in [6.07, 6.45) is 3.04. The lowest BCUT2D eigenvalue weighted by Gasteiger charge is -2.32. The summed E-state index contributed by atoms with van der Waals surface area (Å²) in [7, 11) is -1.38. The average molecular weight is 328 g/mol. The first-order chi connectivity index (χ1) is 10.2. The molecular weight excluding hydrogens is 304 g/mol. The van der Waals surface area contributed by atoms with Crippen LogP contribution in [0, 0.1) is 13.8 Å². The molecule has 0 unspecified atom stereocenters. The molecule has 0 radical (unpaired) electrons. The fourth-order valence-electron chi connectivity index (χ4n) is 2.94. The van der Waals surface area contributed by atoms with Crippen LogP contribution in [0.4, 0.5) is 0 Å². The second-order valence-corrected chi connectivity index (χ2v) is 7.80. The second-order valence-electron chi connectivity index (χ2n) is 6.02. The van der Waals surface area contributed by atoms with E-state index in [0.29, 0.717) is 19.5 Å². The van der Waals surface area contributed by atoms with E-state index >= 15 is 0 Å². The van der Waals surface area contributed by atoms with Crippen LogP contribution in [0.15, 0.2) is 0 Å². The molecule has 1 fully saturated rings. The SMILES string of the molecule is Cc1nn(C)c(C)c1CC(=O)N1CCC[C@@H](NS(C)(=O)=O)C1. The molecule has 0 aliphatic carbocycles. The van der Waals surface area contributed by atoms with Gasteiger partial charge in [0.15, 0.2) is 0 Å². The van der Waals surface area contributed by atoms with E-state index in [0.717, 1.165) is 36.0 Å². The molecule has 0 saturated carbocycles. The molecule has 0 spiro atoms. The van der Waals surface area contributed by atoms with Crippen molar-refractivity contribution in [1.82, 2.24) is 19.4 Å². The summed E-state index contributed by atoms with van der Waals surface area (Å²) in [6, 6.07) is -0.191. The van der Waals surface area contributed by atoms with E-state index in [1.165, 1.54) is 0 Å². The number of carbonyl (C=O) groups excluding carboxylic acids is 1. The number of sulfonamides is 1. The maximum absolute atomic E-state index is 12.5. The van der Waals surface area contributed by atoms with Gasteiger partial charge in [-0.05, 0) is 26.7 Å². The van der Waals surface area contributed by atoms with Gasteiger partial charge in [-0.25, -0.2) is 13.1 Å². The van der Waals surface area contributed by atoms with Crippen LogP contribution in [0.25, 0.3) is 0 Å². The topological polar surface area (TPSA) is 84.3 Å². The zero-order valence-electron chi connectivity index (χ0n) is 13.6. The van der Waals surface area contributed by atoms with Crippen LogP contribution < -0.4 is 4.72 Å². The fourth-order valence-corrected chi connectivity index (χ4v) is 3.74. The standard InChI is InChI=1S/C14H24N4O3S/c1-10-13(11(2)17(3)15-10)8-14(19)18-7-5-6-12(9-18)16-22(4,20)21/h12,16H,5-9H2,1-4H3/t12-/m1/s1. The molecule has 22 heavy (non-hydrogen) atoms. The Morgan fingerprint density at radius 3 is 2.64 bits per heavy atom. The summed E-state index contributed by atoms with van der Waals surface area (Å²) in [5, 5.41) is 4.33. The van der Waals surface area contributed by atoms with Gasteiger partial charge in [0.1, 0.15) is 0 Å². The minimum absolute atomic E-state index is 0.0270. The maximum Gasteiger partial charge on any atom is 0.227 e. The number of amides is 1. The van der Waals surface area contributed by atoms with E-state index in [-0.39, 0.29) is 11.9 Å². The predicted molar refractivity (Wildman–Crippen MR) is 84.0 cm³/mol. The molecule has 2 rings (SSSR count). The van der Waals surface area contributed by atoms with E-state index in [1.807, 2.05) is 20.9 Å². The van der Waals surface area contributed by atoms with Gasteiger partial charge in [-0.1, -0.05) is 0 Å². The lowest BCUT2D eigenvalue weighted by atomic mass is 10.0. The van der Waals surface area contributed by atoms with Crippen LogP contribution in [0.5, 0.6) is 0 Å². The van der Waals surface area contributed by atoms with Crippen LogP contribution in [-0.2, 0) is 28.3 Å². The number of carbonyl (C=O) groups is 1. The van der Waals surface area contributed by atoms with Crippen LogP contribution in [0.2, 0.25) is 0 Å². The molecule has 1 aliphatic rings. The molecule has 1 atom stereocenters. The van der Waals surface area contributed by atoms with Gasteiger partial charge in [-0.2, -0.15) is 5.10 Å². The number of hydrogen-bond acceptors (Lipinski definition) is 4. The molecule has 124 valence electrons. The van der Waals surface area contributed by atoms with Crippen molar-refractivity contribution in [2.75, 3.05) is 19.3 Å². The first kappa shape index (κ1) is 17.0. The molecule has 2 heterocycles. The van der Waals surface area contributed by atoms with Gasteiger partial charge in [0.05, 0.1) is 18.4 Å². The molecule has 0 bridgehead atoms. The fraction of sp³-hybridized carbons (Fsp3) is 0.714. The molecule has 1 aromatic heterocycles. The highest BCUT2D eigenvalue weighted by molar-refractivity contribution is 7.88. The Morgan fingerprint density at radius 2 is 2.09 bits per heavy atom. The zero-order valence-corrected chi connectivity index (χ0v) is 14.4. The molecule has 8 heteroatoms. The van der Waals surface area contributed by atoms with Gasteiger partial charge in [0.2, 0.25) is 15.9 Å². The van der Waals surface area contributed by atoms with Crippen molar-refractivity contribution in [3.8, 4) is 0 Å². The van der Waals surface area contributed by atoms with Crippen LogP contribution >= 0.6 is 0 Å². The Bertz CT molecular complexity index is 666. The highest BCUT2D eigenvalue weighted by Gasteiger charge is 2.26. The van der Waals surface area contributed by atoms with Crippen molar-refractivity contribution in [1.29, 1.82) is 0 Å². The number of aryl methyl sites for hydroxylation is 2. The number of likely N-dealkylation sites (tertiary alicyclic amines) is 1. The van der Waals surface area contributed by atoms with Crippen molar-refractivity contribution < 1.29 is 13.2 Å². The van der Waals surface area contributed by atoms with Gasteiger partial charge in [0, 0.05) is 37.4 Å². The minimum atomic E-state index is -3.24. The number of aromatic nitrogens is 2. The van der Waals surface area contributed by atoms with E-state index in [1.54, 1.807) is 9.58 Å². The van der Waals surface area contributed by atoms with Crippen molar-refractivity contribution in [2.45, 2.75) is 39.2 Å². The third-order valence-electron chi connectivity index (χ3n) is 4.14. The summed E-state index contributed by atoms with van der Waals surface area (Å²) in [5.74, 6) is 0.0270. The monoisotopic (exact) mass is 328 g/mol. The van der Waals surface area contributed by atoms with Gasteiger partial charge in [-0.15, -0.1) is 0 Å². The first-order valence-corrected chi connectivity index (χ1v) is 9.30. The maximum atomic E-state index is 12.5. The van der Waals surface area contributed by atoms with Crippen molar-refractivity contribution in [3.63, 3.8) is 0 Å². The molecule has 1 N–H and O–H groups in total. The Balaban J connectivity index is 2.03. The molecule has 1 aliphatic heterocycles. The quantitative estimate of drug-likeness (QED) is 0.851. The molecule has 1 amide bonds. The normalized spacial score (nSPS) is 19.5. The van der Waals surface area contributed by atoms with E-state index in [4.69, 9.17) is 0 Å². The number of hydrogen-bond donors (Lipinski definition) is 1. The lowest BCUT2D eigenvalue weighted by Crippen LogP contribution is -2.49. The van der Waals surface area contributed by atoms with Crippen molar-refractivity contribution >= 4 is 15.9 Å². The number of piperidine rings is 1. The van der Waals surface area contributed by atoms with Gasteiger partial charge in [-0.3, -0.25) is 9.48 Å². The van der Waals surface area contributed by atoms with Crippen LogP contribution in [0.1, 0.15) is 29.8 Å². The average Bonchev–Trinajstić information content (AvgIpc) is 2.63. The summed E-state index contributed by atoms with van der Waals surface area (Å²) in [6.45, 7) is 4.97.